The van der Waals surface area contributed by atoms with Crippen LogP contribution in [0.3, 0.4) is 0 Å². The summed E-state index contributed by atoms with van der Waals surface area (Å²) < 4.78 is 11.8. The number of allylic oxidation sites excluding steroid dienone is 5. The van der Waals surface area contributed by atoms with E-state index in [0.717, 1.165) is 43.0 Å². The first-order chi connectivity index (χ1) is 13.8. The van der Waals surface area contributed by atoms with Crippen LogP contribution in [0.5, 0.6) is 0 Å². The van der Waals surface area contributed by atoms with Crippen LogP contribution in [0.15, 0.2) is 36.0 Å². The highest BCUT2D eigenvalue weighted by Crippen LogP contribution is 2.36. The first-order valence-corrected chi connectivity index (χ1v) is 11.4. The smallest absolute Gasteiger partial charge is 0.330 e. The molecule has 1 amide bonds. The average Bonchev–Trinajstić information content (AvgIpc) is 3.09. The molecule has 0 radical (unpaired) electrons. The molecule has 0 spiro atoms. The minimum Gasteiger partial charge on any atom is -0.459 e. The van der Waals surface area contributed by atoms with Crippen molar-refractivity contribution in [1.82, 2.24) is 5.32 Å². The lowest BCUT2D eigenvalue weighted by atomic mass is 9.90. The third-order valence-corrected chi connectivity index (χ3v) is 6.50. The van der Waals surface area contributed by atoms with Gasteiger partial charge >= 0.3 is 5.97 Å². The lowest BCUT2D eigenvalue weighted by molar-refractivity contribution is -0.283. The molecule has 0 aromatic rings. The maximum Gasteiger partial charge on any atom is 0.330 e. The number of ether oxygens (including phenoxy) is 2. The number of esters is 1. The van der Waals surface area contributed by atoms with E-state index in [9.17, 15) is 14.7 Å². The number of hydrogen-bond acceptors (Lipinski definition) is 6. The summed E-state index contributed by atoms with van der Waals surface area (Å²) in [5, 5.41) is 13.8. The fourth-order valence-corrected chi connectivity index (χ4v) is 4.85. The van der Waals surface area contributed by atoms with Crippen molar-refractivity contribution in [2.75, 3.05) is 5.75 Å². The highest BCUT2D eigenvalue weighted by molar-refractivity contribution is 8.14. The summed E-state index contributed by atoms with van der Waals surface area (Å²) >= 11 is 1.14. The molecular formula is C22H31NO5S. The number of aliphatic hydroxyl groups is 1. The summed E-state index contributed by atoms with van der Waals surface area (Å²) in [7, 11) is 0. The van der Waals surface area contributed by atoms with Gasteiger partial charge in [-0.3, -0.25) is 4.79 Å². The quantitative estimate of drug-likeness (QED) is 0.626. The molecule has 3 aliphatic heterocycles. The van der Waals surface area contributed by atoms with Gasteiger partial charge in [0.2, 0.25) is 0 Å². The second-order valence-corrected chi connectivity index (χ2v) is 9.27. The number of carbonyl (C=O) groups is 2. The molecule has 3 heterocycles. The molecule has 3 aliphatic rings. The van der Waals surface area contributed by atoms with Crippen LogP contribution in [0.25, 0.3) is 0 Å². The molecule has 29 heavy (non-hydrogen) atoms. The van der Waals surface area contributed by atoms with Gasteiger partial charge in [-0.05, 0) is 38.5 Å². The van der Waals surface area contributed by atoms with Gasteiger partial charge in [0.15, 0.2) is 5.79 Å². The van der Waals surface area contributed by atoms with Gasteiger partial charge in [-0.2, -0.15) is 0 Å². The van der Waals surface area contributed by atoms with Gasteiger partial charge in [-0.1, -0.05) is 48.6 Å². The molecule has 2 saturated heterocycles. The maximum absolute atomic E-state index is 12.4. The maximum atomic E-state index is 12.4. The van der Waals surface area contributed by atoms with Crippen LogP contribution in [0.2, 0.25) is 0 Å². The minimum absolute atomic E-state index is 0.159. The zero-order valence-corrected chi connectivity index (χ0v) is 18.0. The Balaban J connectivity index is 1.78. The van der Waals surface area contributed by atoms with Gasteiger partial charge in [-0.15, -0.1) is 0 Å². The Kier molecular flexibility index (Phi) is 7.60. The number of fused-ring (bicyclic) bond motifs is 2. The van der Waals surface area contributed by atoms with Gasteiger partial charge in [0.1, 0.15) is 6.10 Å². The SMILES string of the molecule is C/C1=C/C(=O)OC2C[C@@H](CCC(C)/C=C\C=C\CC1)O[C@@](O)(C1CSC(=O)N1)C2. The Morgan fingerprint density at radius 2 is 2.07 bits per heavy atom. The Morgan fingerprint density at radius 1 is 1.24 bits per heavy atom. The highest BCUT2D eigenvalue weighted by Gasteiger charge is 2.49. The molecule has 0 aliphatic carbocycles. The van der Waals surface area contributed by atoms with Crippen molar-refractivity contribution in [2.24, 2.45) is 5.92 Å². The number of hydrogen-bond donors (Lipinski definition) is 2. The molecule has 160 valence electrons. The van der Waals surface area contributed by atoms with Gasteiger partial charge in [0, 0.05) is 24.7 Å². The van der Waals surface area contributed by atoms with E-state index in [-0.39, 0.29) is 23.7 Å². The van der Waals surface area contributed by atoms with Crippen molar-refractivity contribution in [3.05, 3.63) is 36.0 Å². The molecule has 6 nitrogen and oxygen atoms in total. The fraction of sp³-hybridized carbons (Fsp3) is 0.636. The zero-order chi connectivity index (χ0) is 20.9. The van der Waals surface area contributed by atoms with E-state index in [0.29, 0.717) is 18.1 Å². The second kappa shape index (κ2) is 9.96. The van der Waals surface area contributed by atoms with E-state index >= 15 is 0 Å². The molecule has 0 aromatic carbocycles. The Morgan fingerprint density at radius 3 is 2.83 bits per heavy atom. The number of carbonyl (C=O) groups excluding carboxylic acids is 2. The van der Waals surface area contributed by atoms with Crippen molar-refractivity contribution in [1.29, 1.82) is 0 Å². The van der Waals surface area contributed by atoms with Gasteiger partial charge < -0.3 is 19.9 Å². The van der Waals surface area contributed by atoms with Crippen LogP contribution < -0.4 is 5.32 Å². The largest absolute Gasteiger partial charge is 0.459 e. The molecule has 2 bridgehead atoms. The summed E-state index contributed by atoms with van der Waals surface area (Å²) in [6.45, 7) is 4.07. The monoisotopic (exact) mass is 421 g/mol. The lowest BCUT2D eigenvalue weighted by Crippen LogP contribution is -2.58. The Hall–Kier alpha value is -1.57. The lowest BCUT2D eigenvalue weighted by Gasteiger charge is -2.43. The van der Waals surface area contributed by atoms with Crippen molar-refractivity contribution in [3.8, 4) is 0 Å². The summed E-state index contributed by atoms with van der Waals surface area (Å²) in [5.74, 6) is -1.10. The fourth-order valence-electron chi connectivity index (χ4n) is 3.96. The van der Waals surface area contributed by atoms with Crippen molar-refractivity contribution >= 4 is 23.0 Å². The molecule has 2 fully saturated rings. The number of amides is 1. The average molecular weight is 422 g/mol. The van der Waals surface area contributed by atoms with E-state index in [4.69, 9.17) is 9.47 Å². The van der Waals surface area contributed by atoms with Crippen LogP contribution in [0, 0.1) is 5.92 Å². The third kappa shape index (κ3) is 6.46. The van der Waals surface area contributed by atoms with E-state index in [1.807, 2.05) is 13.0 Å². The van der Waals surface area contributed by atoms with Crippen molar-refractivity contribution in [2.45, 2.75) is 76.4 Å². The van der Waals surface area contributed by atoms with Crippen LogP contribution in [0.4, 0.5) is 4.79 Å². The normalized spacial score (nSPS) is 41.0. The van der Waals surface area contributed by atoms with E-state index in [1.165, 1.54) is 6.08 Å². The summed E-state index contributed by atoms with van der Waals surface area (Å²) in [6, 6.07) is -0.505. The molecule has 2 N–H and O–H groups in total. The topological polar surface area (TPSA) is 84.9 Å². The van der Waals surface area contributed by atoms with E-state index in [2.05, 4.69) is 30.5 Å². The standard InChI is InChI=1S/C22H31NO5S/c1-15-7-5-3-4-6-8-16(2)11-20(24)27-18-12-17(10-9-15)28-22(26,13-18)19-14-29-21(25)23-19/h3-5,7,11,15,17-19,26H,6,8-10,12-14H2,1-2H3,(H,23,25)/b4-3+,7-5-,16-11-/t15?,17-,18?,19?,22-/m1/s1. The number of nitrogens with one attached hydrogen (secondary N) is 1. The van der Waals surface area contributed by atoms with Crippen molar-refractivity contribution < 1.29 is 24.2 Å². The summed E-state index contributed by atoms with van der Waals surface area (Å²) in [6.07, 6.45) is 13.2. The Bertz CT molecular complexity index is 703. The van der Waals surface area contributed by atoms with Crippen molar-refractivity contribution in [3.63, 3.8) is 0 Å². The minimum atomic E-state index is -1.53. The summed E-state index contributed by atoms with van der Waals surface area (Å²) in [5.41, 5.74) is 0.961. The number of thioether (sulfide) groups is 1. The molecule has 0 aromatic heterocycles. The van der Waals surface area contributed by atoms with E-state index in [1.54, 1.807) is 0 Å². The van der Waals surface area contributed by atoms with Crippen LogP contribution in [-0.4, -0.2) is 46.1 Å². The molecule has 3 unspecified atom stereocenters. The third-order valence-electron chi connectivity index (χ3n) is 5.62. The molecule has 7 heteroatoms. The molecule has 5 atom stereocenters. The predicted molar refractivity (Wildman–Crippen MR) is 113 cm³/mol. The zero-order valence-electron chi connectivity index (χ0n) is 17.1. The second-order valence-electron chi connectivity index (χ2n) is 8.28. The first-order valence-electron chi connectivity index (χ1n) is 10.4. The number of rotatable bonds is 1. The Labute approximate surface area is 176 Å². The van der Waals surface area contributed by atoms with Crippen LogP contribution in [0.1, 0.15) is 52.4 Å². The van der Waals surface area contributed by atoms with Crippen LogP contribution in [-0.2, 0) is 14.3 Å². The summed E-state index contributed by atoms with van der Waals surface area (Å²) in [4.78, 5) is 24.0. The van der Waals surface area contributed by atoms with Gasteiger partial charge in [0.05, 0.1) is 12.1 Å². The predicted octanol–water partition coefficient (Wildman–Crippen LogP) is 3.86. The molecular weight excluding hydrogens is 390 g/mol. The van der Waals surface area contributed by atoms with Crippen LogP contribution >= 0.6 is 11.8 Å². The first kappa shape index (κ1) is 22.1. The molecule has 3 rings (SSSR count). The van der Waals surface area contributed by atoms with Gasteiger partial charge in [-0.25, -0.2) is 4.79 Å². The highest BCUT2D eigenvalue weighted by atomic mass is 32.2. The molecule has 0 saturated carbocycles. The van der Waals surface area contributed by atoms with Gasteiger partial charge in [0.25, 0.3) is 5.24 Å². The van der Waals surface area contributed by atoms with E-state index < -0.39 is 17.9 Å².